The van der Waals surface area contributed by atoms with E-state index in [4.69, 9.17) is 11.6 Å². The Kier molecular flexibility index (Phi) is 5.22. The third-order valence-corrected chi connectivity index (χ3v) is 6.50. The summed E-state index contributed by atoms with van der Waals surface area (Å²) in [5.41, 5.74) is 2.09. The monoisotopic (exact) mass is 481 g/mol. The molecule has 0 saturated heterocycles. The summed E-state index contributed by atoms with van der Waals surface area (Å²) in [6.07, 6.45) is 1.83. The maximum absolute atomic E-state index is 15.3. The highest BCUT2D eigenvalue weighted by atomic mass is 35.5. The van der Waals surface area contributed by atoms with Crippen LogP contribution in [0.25, 0.3) is 22.0 Å². The molecule has 1 amide bonds. The Labute approximate surface area is 200 Å². The van der Waals surface area contributed by atoms with Gasteiger partial charge in [0.2, 0.25) is 0 Å². The summed E-state index contributed by atoms with van der Waals surface area (Å²) in [4.78, 5) is 14.1. The standard InChI is InChI=1S/C26H22ClF2N3O2/c1-26(2,34)19-8-15(7-17-11-31(3)30-24(17)19)16-9-20(27)18(22(29)10-16)13-32-12-14-5-4-6-21(28)23(14)25(32)33/h4-11,34H,12-13H2,1-3H3. The summed E-state index contributed by atoms with van der Waals surface area (Å²) < 4.78 is 31.0. The van der Waals surface area contributed by atoms with Gasteiger partial charge in [-0.25, -0.2) is 8.78 Å². The number of fused-ring (bicyclic) bond motifs is 2. The molecule has 1 N–H and O–H groups in total. The maximum Gasteiger partial charge on any atom is 0.257 e. The molecule has 1 aromatic heterocycles. The van der Waals surface area contributed by atoms with Crippen LogP contribution in [0.4, 0.5) is 8.78 Å². The number of hydrogen-bond donors (Lipinski definition) is 1. The van der Waals surface area contributed by atoms with Crippen LogP contribution in [0.3, 0.4) is 0 Å². The van der Waals surface area contributed by atoms with Crippen molar-refractivity contribution in [3.05, 3.63) is 87.6 Å². The van der Waals surface area contributed by atoms with Crippen molar-refractivity contribution in [2.75, 3.05) is 0 Å². The van der Waals surface area contributed by atoms with Gasteiger partial charge in [-0.15, -0.1) is 0 Å². The minimum Gasteiger partial charge on any atom is -0.386 e. The van der Waals surface area contributed by atoms with Crippen LogP contribution < -0.4 is 0 Å². The van der Waals surface area contributed by atoms with Gasteiger partial charge in [-0.3, -0.25) is 9.48 Å². The number of carbonyl (C=O) groups excluding carboxylic acids is 1. The predicted molar refractivity (Wildman–Crippen MR) is 126 cm³/mol. The lowest BCUT2D eigenvalue weighted by Gasteiger charge is -2.20. The van der Waals surface area contributed by atoms with Gasteiger partial charge >= 0.3 is 0 Å². The number of aromatic nitrogens is 2. The Morgan fingerprint density at radius 1 is 1.12 bits per heavy atom. The van der Waals surface area contributed by atoms with Crippen molar-refractivity contribution in [2.45, 2.75) is 32.5 Å². The zero-order valence-electron chi connectivity index (χ0n) is 18.9. The second-order valence-electron chi connectivity index (χ2n) is 9.18. The van der Waals surface area contributed by atoms with Crippen LogP contribution in [0.1, 0.15) is 40.9 Å². The average Bonchev–Trinajstić information content (AvgIpc) is 3.28. The number of nitrogens with zero attached hydrogens (tertiary/aromatic N) is 3. The molecule has 0 radical (unpaired) electrons. The summed E-state index contributed by atoms with van der Waals surface area (Å²) in [5, 5.41) is 16.1. The van der Waals surface area contributed by atoms with E-state index < -0.39 is 23.1 Å². The first-order valence-electron chi connectivity index (χ1n) is 10.8. The third-order valence-electron chi connectivity index (χ3n) is 6.17. The van der Waals surface area contributed by atoms with Crippen LogP contribution in [0.15, 0.2) is 48.7 Å². The number of amides is 1. The van der Waals surface area contributed by atoms with Gasteiger partial charge < -0.3 is 10.0 Å². The van der Waals surface area contributed by atoms with E-state index in [0.717, 1.165) is 5.39 Å². The molecule has 5 rings (SSSR count). The number of benzene rings is 3. The molecule has 0 unspecified atom stereocenters. The fraction of sp³-hybridized carbons (Fsp3) is 0.231. The van der Waals surface area contributed by atoms with Crippen molar-refractivity contribution in [2.24, 2.45) is 7.05 Å². The molecular formula is C26H22ClF2N3O2. The fourth-order valence-electron chi connectivity index (χ4n) is 4.50. The van der Waals surface area contributed by atoms with Crippen LogP contribution >= 0.6 is 11.6 Å². The molecular weight excluding hydrogens is 460 g/mol. The van der Waals surface area contributed by atoms with Gasteiger partial charge in [0.1, 0.15) is 11.6 Å². The van der Waals surface area contributed by atoms with Gasteiger partial charge in [-0.1, -0.05) is 23.7 Å². The van der Waals surface area contributed by atoms with E-state index in [1.54, 1.807) is 49.8 Å². The number of aliphatic hydroxyl groups is 1. The molecule has 2 heterocycles. The van der Waals surface area contributed by atoms with Crippen molar-refractivity contribution in [3.8, 4) is 11.1 Å². The third kappa shape index (κ3) is 3.75. The topological polar surface area (TPSA) is 58.4 Å². The first-order chi connectivity index (χ1) is 16.0. The summed E-state index contributed by atoms with van der Waals surface area (Å²) in [6, 6.07) is 11.1. The molecule has 0 atom stereocenters. The molecule has 0 spiro atoms. The van der Waals surface area contributed by atoms with E-state index in [1.165, 1.54) is 17.0 Å². The molecule has 1 aliphatic heterocycles. The van der Waals surface area contributed by atoms with Gasteiger partial charge in [0.15, 0.2) is 0 Å². The number of carbonyl (C=O) groups is 1. The highest BCUT2D eigenvalue weighted by Gasteiger charge is 2.31. The van der Waals surface area contributed by atoms with Crippen molar-refractivity contribution in [1.29, 1.82) is 0 Å². The maximum atomic E-state index is 15.3. The Balaban J connectivity index is 1.52. The Morgan fingerprint density at radius 2 is 1.85 bits per heavy atom. The quantitative estimate of drug-likeness (QED) is 0.415. The minimum atomic E-state index is -1.16. The van der Waals surface area contributed by atoms with Crippen LogP contribution in [-0.2, 0) is 25.7 Å². The molecule has 1 aliphatic rings. The summed E-state index contributed by atoms with van der Waals surface area (Å²) in [7, 11) is 1.79. The van der Waals surface area contributed by atoms with Crippen LogP contribution in [0, 0.1) is 11.6 Å². The highest BCUT2D eigenvalue weighted by molar-refractivity contribution is 6.31. The van der Waals surface area contributed by atoms with Crippen molar-refractivity contribution in [1.82, 2.24) is 14.7 Å². The van der Waals surface area contributed by atoms with E-state index in [-0.39, 0.29) is 29.2 Å². The van der Waals surface area contributed by atoms with E-state index >= 15 is 4.39 Å². The molecule has 174 valence electrons. The first kappa shape index (κ1) is 22.5. The fourth-order valence-corrected chi connectivity index (χ4v) is 4.77. The van der Waals surface area contributed by atoms with E-state index in [9.17, 15) is 14.3 Å². The molecule has 34 heavy (non-hydrogen) atoms. The van der Waals surface area contributed by atoms with Gasteiger partial charge in [-0.05, 0) is 60.9 Å². The largest absolute Gasteiger partial charge is 0.386 e. The molecule has 0 aliphatic carbocycles. The lowest BCUT2D eigenvalue weighted by Crippen LogP contribution is -2.24. The zero-order chi connectivity index (χ0) is 24.4. The minimum absolute atomic E-state index is 0.0274. The number of halogens is 3. The average molecular weight is 482 g/mol. The second-order valence-corrected chi connectivity index (χ2v) is 9.58. The van der Waals surface area contributed by atoms with E-state index in [2.05, 4.69) is 5.10 Å². The summed E-state index contributed by atoms with van der Waals surface area (Å²) >= 11 is 6.49. The first-order valence-corrected chi connectivity index (χ1v) is 11.2. The summed E-state index contributed by atoms with van der Waals surface area (Å²) in [5.74, 6) is -1.63. The number of hydrogen-bond acceptors (Lipinski definition) is 3. The molecule has 5 nitrogen and oxygen atoms in total. The van der Waals surface area contributed by atoms with Crippen molar-refractivity contribution >= 4 is 28.4 Å². The molecule has 8 heteroatoms. The van der Waals surface area contributed by atoms with Crippen LogP contribution in [0.5, 0.6) is 0 Å². The molecule has 0 bridgehead atoms. The second kappa shape index (κ2) is 7.89. The van der Waals surface area contributed by atoms with Gasteiger partial charge in [-0.2, -0.15) is 5.10 Å². The Bertz CT molecular complexity index is 1450. The van der Waals surface area contributed by atoms with Gasteiger partial charge in [0, 0.05) is 41.3 Å². The highest BCUT2D eigenvalue weighted by Crippen LogP contribution is 2.36. The van der Waals surface area contributed by atoms with Crippen molar-refractivity contribution < 1.29 is 18.7 Å². The van der Waals surface area contributed by atoms with Gasteiger partial charge in [0.05, 0.1) is 23.2 Å². The SMILES string of the molecule is Cn1cc2cc(-c3cc(F)c(CN4Cc5cccc(F)c5C4=O)c(Cl)c3)cc(C(C)(C)O)c2n1. The number of aryl methyl sites for hydroxylation is 1. The smallest absolute Gasteiger partial charge is 0.257 e. The Hall–Kier alpha value is -3.29. The summed E-state index contributed by atoms with van der Waals surface area (Å²) in [6.45, 7) is 3.46. The van der Waals surface area contributed by atoms with Crippen LogP contribution in [0.2, 0.25) is 5.02 Å². The van der Waals surface area contributed by atoms with Gasteiger partial charge in [0.25, 0.3) is 5.91 Å². The van der Waals surface area contributed by atoms with Crippen molar-refractivity contribution in [3.63, 3.8) is 0 Å². The number of rotatable bonds is 4. The van der Waals surface area contributed by atoms with E-state index in [0.29, 0.717) is 27.8 Å². The molecule has 0 saturated carbocycles. The lowest BCUT2D eigenvalue weighted by atomic mass is 9.91. The molecule has 3 aromatic carbocycles. The van der Waals surface area contributed by atoms with E-state index in [1.807, 2.05) is 12.3 Å². The molecule has 0 fully saturated rings. The van der Waals surface area contributed by atoms with Crippen LogP contribution in [-0.4, -0.2) is 25.7 Å². The Morgan fingerprint density at radius 3 is 2.53 bits per heavy atom. The lowest BCUT2D eigenvalue weighted by molar-refractivity contribution is 0.0761. The predicted octanol–water partition coefficient (Wildman–Crippen LogP) is 5.56. The normalized spacial score (nSPS) is 13.7. The molecule has 4 aromatic rings. The zero-order valence-corrected chi connectivity index (χ0v) is 19.6.